The zero-order valence-corrected chi connectivity index (χ0v) is 16.9. The largest absolute Gasteiger partial charge is 0.497 e. The van der Waals surface area contributed by atoms with E-state index in [0.717, 1.165) is 25.2 Å². The molecule has 0 aromatic heterocycles. The lowest BCUT2D eigenvalue weighted by Gasteiger charge is -2.35. The maximum absolute atomic E-state index is 12.9. The summed E-state index contributed by atoms with van der Waals surface area (Å²) in [4.78, 5) is 17.0. The zero-order valence-electron chi connectivity index (χ0n) is 15.4. The first kappa shape index (κ1) is 19.8. The number of halogens is 2. The molecule has 144 valence electrons. The molecule has 7 heteroatoms. The molecule has 5 nitrogen and oxygen atoms in total. The van der Waals surface area contributed by atoms with Crippen LogP contribution in [0.25, 0.3) is 0 Å². The van der Waals surface area contributed by atoms with E-state index in [2.05, 4.69) is 4.90 Å². The van der Waals surface area contributed by atoms with E-state index in [-0.39, 0.29) is 5.91 Å². The molecule has 0 unspecified atom stereocenters. The van der Waals surface area contributed by atoms with Gasteiger partial charge in [-0.05, 0) is 29.8 Å². The molecule has 2 aromatic rings. The first-order valence-corrected chi connectivity index (χ1v) is 9.44. The topological polar surface area (TPSA) is 42.0 Å². The lowest BCUT2D eigenvalue weighted by atomic mass is 10.1. The molecule has 1 saturated heterocycles. The van der Waals surface area contributed by atoms with Crippen molar-refractivity contribution in [3.05, 3.63) is 57.6 Å². The third-order valence-electron chi connectivity index (χ3n) is 4.67. The molecule has 0 saturated carbocycles. The van der Waals surface area contributed by atoms with Gasteiger partial charge in [0, 0.05) is 54.4 Å². The van der Waals surface area contributed by atoms with Crippen molar-refractivity contribution in [2.45, 2.75) is 6.54 Å². The molecule has 1 fully saturated rings. The highest BCUT2D eigenvalue weighted by Crippen LogP contribution is 2.25. The Morgan fingerprint density at radius 1 is 0.963 bits per heavy atom. The fraction of sp³-hybridized carbons (Fsp3) is 0.350. The minimum Gasteiger partial charge on any atom is -0.497 e. The number of methoxy groups -OCH3 is 2. The van der Waals surface area contributed by atoms with Gasteiger partial charge in [0.25, 0.3) is 5.91 Å². The Labute approximate surface area is 169 Å². The summed E-state index contributed by atoms with van der Waals surface area (Å²) >= 11 is 12.2. The molecular weight excluding hydrogens is 387 g/mol. The highest BCUT2D eigenvalue weighted by atomic mass is 35.5. The Bertz CT molecular complexity index is 799. The Balaban J connectivity index is 1.62. The predicted octanol–water partition coefficient (Wildman–Crippen LogP) is 3.97. The van der Waals surface area contributed by atoms with Crippen LogP contribution in [0, 0.1) is 0 Å². The Kier molecular flexibility index (Phi) is 6.47. The van der Waals surface area contributed by atoms with Crippen LogP contribution in [0.3, 0.4) is 0 Å². The van der Waals surface area contributed by atoms with Crippen LogP contribution >= 0.6 is 23.2 Å². The van der Waals surface area contributed by atoms with Gasteiger partial charge in [-0.15, -0.1) is 0 Å². The third kappa shape index (κ3) is 4.86. The van der Waals surface area contributed by atoms with Crippen LogP contribution in [0.15, 0.2) is 36.4 Å². The minimum atomic E-state index is -0.0172. The Morgan fingerprint density at radius 2 is 1.59 bits per heavy atom. The number of piperazine rings is 1. The normalized spacial score (nSPS) is 14.9. The SMILES string of the molecule is COc1cc(OC)cc(C(=O)N2CCN(Cc3ccc(Cl)cc3Cl)CC2)c1. The summed E-state index contributed by atoms with van der Waals surface area (Å²) < 4.78 is 10.5. The second kappa shape index (κ2) is 8.83. The zero-order chi connectivity index (χ0) is 19.4. The van der Waals surface area contributed by atoms with Gasteiger partial charge in [0.15, 0.2) is 0 Å². The van der Waals surface area contributed by atoms with Gasteiger partial charge in [0.2, 0.25) is 0 Å². The molecule has 27 heavy (non-hydrogen) atoms. The van der Waals surface area contributed by atoms with Gasteiger partial charge < -0.3 is 14.4 Å². The van der Waals surface area contributed by atoms with Gasteiger partial charge >= 0.3 is 0 Å². The fourth-order valence-electron chi connectivity index (χ4n) is 3.11. The second-order valence-electron chi connectivity index (χ2n) is 6.41. The maximum Gasteiger partial charge on any atom is 0.254 e. The second-order valence-corrected chi connectivity index (χ2v) is 7.25. The highest BCUT2D eigenvalue weighted by molar-refractivity contribution is 6.35. The van der Waals surface area contributed by atoms with Crippen LogP contribution in [0.4, 0.5) is 0 Å². The van der Waals surface area contributed by atoms with Gasteiger partial charge in [0.1, 0.15) is 11.5 Å². The van der Waals surface area contributed by atoms with Crippen LogP contribution in [0.5, 0.6) is 11.5 Å². The van der Waals surface area contributed by atoms with Crippen LogP contribution in [-0.2, 0) is 6.54 Å². The van der Waals surface area contributed by atoms with E-state index >= 15 is 0 Å². The number of benzene rings is 2. The van der Waals surface area contributed by atoms with E-state index in [1.807, 2.05) is 17.0 Å². The van der Waals surface area contributed by atoms with E-state index in [4.69, 9.17) is 32.7 Å². The molecule has 1 aliphatic heterocycles. The van der Waals surface area contributed by atoms with Crippen LogP contribution < -0.4 is 9.47 Å². The summed E-state index contributed by atoms with van der Waals surface area (Å²) in [5, 5.41) is 1.30. The van der Waals surface area contributed by atoms with E-state index in [1.165, 1.54) is 0 Å². The van der Waals surface area contributed by atoms with E-state index in [1.54, 1.807) is 38.5 Å². The number of amides is 1. The van der Waals surface area contributed by atoms with Gasteiger partial charge in [-0.2, -0.15) is 0 Å². The predicted molar refractivity (Wildman–Crippen MR) is 107 cm³/mol. The van der Waals surface area contributed by atoms with Gasteiger partial charge in [0.05, 0.1) is 14.2 Å². The molecule has 2 aromatic carbocycles. The number of nitrogens with zero attached hydrogens (tertiary/aromatic N) is 2. The number of carbonyl (C=O) groups excluding carboxylic acids is 1. The lowest BCUT2D eigenvalue weighted by molar-refractivity contribution is 0.0628. The van der Waals surface area contributed by atoms with E-state index in [0.29, 0.717) is 40.2 Å². The van der Waals surface area contributed by atoms with Crippen molar-refractivity contribution in [2.24, 2.45) is 0 Å². The van der Waals surface area contributed by atoms with Crippen molar-refractivity contribution in [3.8, 4) is 11.5 Å². The van der Waals surface area contributed by atoms with Gasteiger partial charge in [-0.3, -0.25) is 9.69 Å². The summed E-state index contributed by atoms with van der Waals surface area (Å²) in [6.45, 7) is 3.62. The van der Waals surface area contributed by atoms with Crippen LogP contribution in [-0.4, -0.2) is 56.1 Å². The quantitative estimate of drug-likeness (QED) is 0.750. The van der Waals surface area contributed by atoms with Gasteiger partial charge in [-0.1, -0.05) is 29.3 Å². The Morgan fingerprint density at radius 3 is 2.15 bits per heavy atom. The lowest BCUT2D eigenvalue weighted by Crippen LogP contribution is -2.48. The van der Waals surface area contributed by atoms with Crippen molar-refractivity contribution in [1.29, 1.82) is 0 Å². The number of rotatable bonds is 5. The molecule has 1 amide bonds. The fourth-order valence-corrected chi connectivity index (χ4v) is 3.58. The number of carbonyl (C=O) groups is 1. The average molecular weight is 409 g/mol. The molecule has 0 N–H and O–H groups in total. The minimum absolute atomic E-state index is 0.0172. The van der Waals surface area contributed by atoms with E-state index in [9.17, 15) is 4.79 Å². The van der Waals surface area contributed by atoms with Crippen molar-refractivity contribution in [2.75, 3.05) is 40.4 Å². The standard InChI is InChI=1S/C20H22Cl2N2O3/c1-26-17-9-15(10-18(12-17)27-2)20(25)24-7-5-23(6-8-24)13-14-3-4-16(21)11-19(14)22/h3-4,9-12H,5-8,13H2,1-2H3. The molecule has 0 atom stereocenters. The first-order chi connectivity index (χ1) is 13.0. The number of ether oxygens (including phenoxy) is 2. The summed E-state index contributed by atoms with van der Waals surface area (Å²) in [7, 11) is 3.15. The summed E-state index contributed by atoms with van der Waals surface area (Å²) in [5.41, 5.74) is 1.61. The maximum atomic E-state index is 12.9. The molecule has 1 heterocycles. The summed E-state index contributed by atoms with van der Waals surface area (Å²) in [6, 6.07) is 10.8. The van der Waals surface area contributed by atoms with Crippen molar-refractivity contribution in [3.63, 3.8) is 0 Å². The monoisotopic (exact) mass is 408 g/mol. The molecular formula is C20H22Cl2N2O3. The van der Waals surface area contributed by atoms with E-state index < -0.39 is 0 Å². The van der Waals surface area contributed by atoms with Crippen molar-refractivity contribution >= 4 is 29.1 Å². The molecule has 0 spiro atoms. The highest BCUT2D eigenvalue weighted by Gasteiger charge is 2.23. The summed E-state index contributed by atoms with van der Waals surface area (Å²) in [5.74, 6) is 1.19. The number of hydrogen-bond acceptors (Lipinski definition) is 4. The van der Waals surface area contributed by atoms with Gasteiger partial charge in [-0.25, -0.2) is 0 Å². The molecule has 1 aliphatic rings. The smallest absolute Gasteiger partial charge is 0.254 e. The number of hydrogen-bond donors (Lipinski definition) is 0. The van der Waals surface area contributed by atoms with Crippen molar-refractivity contribution in [1.82, 2.24) is 9.80 Å². The third-order valence-corrected chi connectivity index (χ3v) is 5.25. The molecule has 3 rings (SSSR count). The molecule has 0 aliphatic carbocycles. The first-order valence-electron chi connectivity index (χ1n) is 8.69. The molecule has 0 radical (unpaired) electrons. The van der Waals surface area contributed by atoms with Crippen molar-refractivity contribution < 1.29 is 14.3 Å². The summed E-state index contributed by atoms with van der Waals surface area (Å²) in [6.07, 6.45) is 0. The molecule has 0 bridgehead atoms. The Hall–Kier alpha value is -1.95. The van der Waals surface area contributed by atoms with Crippen LogP contribution in [0.2, 0.25) is 10.0 Å². The average Bonchev–Trinajstić information content (AvgIpc) is 2.69. The van der Waals surface area contributed by atoms with Crippen LogP contribution in [0.1, 0.15) is 15.9 Å².